The molecule has 0 radical (unpaired) electrons. The molecule has 1 aromatic rings. The molecule has 1 fully saturated rings. The van der Waals surface area contributed by atoms with E-state index in [4.69, 9.17) is 21.1 Å². The minimum atomic E-state index is -0.593. The van der Waals surface area contributed by atoms with Gasteiger partial charge in [0.1, 0.15) is 0 Å². The Labute approximate surface area is 112 Å². The van der Waals surface area contributed by atoms with E-state index in [1.165, 1.54) is 12.8 Å². The summed E-state index contributed by atoms with van der Waals surface area (Å²) >= 11 is 6.36. The summed E-state index contributed by atoms with van der Waals surface area (Å²) in [5.41, 5.74) is 1.12. The molecule has 3 nitrogen and oxygen atoms in total. The highest BCUT2D eigenvalue weighted by Gasteiger charge is 2.33. The third-order valence-corrected chi connectivity index (χ3v) is 3.79. The van der Waals surface area contributed by atoms with Gasteiger partial charge in [-0.1, -0.05) is 18.0 Å². The van der Waals surface area contributed by atoms with Gasteiger partial charge in [-0.3, -0.25) is 0 Å². The molecule has 18 heavy (non-hydrogen) atoms. The maximum Gasteiger partial charge on any atom is 0.246 e. The predicted octanol–water partition coefficient (Wildman–Crippen LogP) is 3.66. The lowest BCUT2D eigenvalue weighted by atomic mass is 9.97. The lowest BCUT2D eigenvalue weighted by Crippen LogP contribution is -2.29. The monoisotopic (exact) mass is 267 g/mol. The van der Waals surface area contributed by atoms with E-state index < -0.39 is 5.79 Å². The van der Waals surface area contributed by atoms with Crippen LogP contribution in [0.5, 0.6) is 11.5 Å². The molecule has 2 aliphatic heterocycles. The van der Waals surface area contributed by atoms with Crippen LogP contribution < -0.4 is 14.8 Å². The van der Waals surface area contributed by atoms with Gasteiger partial charge in [-0.05, 0) is 31.0 Å². The summed E-state index contributed by atoms with van der Waals surface area (Å²) < 4.78 is 11.5. The van der Waals surface area contributed by atoms with Crippen LogP contribution >= 0.6 is 11.6 Å². The molecule has 0 aliphatic carbocycles. The van der Waals surface area contributed by atoms with Crippen molar-refractivity contribution in [2.45, 2.75) is 44.9 Å². The average molecular weight is 268 g/mol. The fraction of sp³-hybridized carbons (Fsp3) is 0.571. The first-order valence-electron chi connectivity index (χ1n) is 6.50. The van der Waals surface area contributed by atoms with Crippen molar-refractivity contribution in [3.63, 3.8) is 0 Å². The van der Waals surface area contributed by atoms with Crippen LogP contribution in [0.2, 0.25) is 5.02 Å². The second-order valence-electron chi connectivity index (χ2n) is 5.43. The van der Waals surface area contributed by atoms with E-state index in [1.807, 2.05) is 26.0 Å². The number of nitrogens with one attached hydrogen (secondary N) is 1. The van der Waals surface area contributed by atoms with E-state index in [0.29, 0.717) is 6.04 Å². The van der Waals surface area contributed by atoms with Crippen LogP contribution in [0, 0.1) is 0 Å². The van der Waals surface area contributed by atoms with Crippen LogP contribution in [0.15, 0.2) is 12.1 Å². The molecule has 98 valence electrons. The number of ether oxygens (including phenoxy) is 2. The van der Waals surface area contributed by atoms with Gasteiger partial charge in [-0.2, -0.15) is 0 Å². The summed E-state index contributed by atoms with van der Waals surface area (Å²) in [5, 5.41) is 4.27. The molecule has 3 rings (SSSR count). The molecule has 4 heteroatoms. The standard InChI is InChI=1S/C14H18ClNO2/c1-14(2)17-12-7-9(10(15)8-13(12)18-14)11-5-3-4-6-16-11/h7-8,11,16H,3-6H2,1-2H3. The van der Waals surface area contributed by atoms with E-state index in [-0.39, 0.29) is 0 Å². The van der Waals surface area contributed by atoms with Gasteiger partial charge in [0.25, 0.3) is 0 Å². The molecule has 2 heterocycles. The fourth-order valence-corrected chi connectivity index (χ4v) is 2.93. The highest BCUT2D eigenvalue weighted by Crippen LogP contribution is 2.44. The highest BCUT2D eigenvalue weighted by molar-refractivity contribution is 6.31. The van der Waals surface area contributed by atoms with Gasteiger partial charge >= 0.3 is 0 Å². The molecule has 1 aromatic carbocycles. The van der Waals surface area contributed by atoms with Crippen molar-refractivity contribution >= 4 is 11.6 Å². The van der Waals surface area contributed by atoms with Crippen molar-refractivity contribution in [2.24, 2.45) is 0 Å². The lowest BCUT2D eigenvalue weighted by molar-refractivity contribution is -0.0431. The van der Waals surface area contributed by atoms with Crippen molar-refractivity contribution < 1.29 is 9.47 Å². The first kappa shape index (κ1) is 12.1. The fourth-order valence-electron chi connectivity index (χ4n) is 2.65. The quantitative estimate of drug-likeness (QED) is 0.842. The Kier molecular flexibility index (Phi) is 2.91. The van der Waals surface area contributed by atoms with Gasteiger partial charge in [-0.25, -0.2) is 0 Å². The minimum absolute atomic E-state index is 0.337. The van der Waals surface area contributed by atoms with E-state index in [9.17, 15) is 0 Å². The molecular formula is C14H18ClNO2. The summed E-state index contributed by atoms with van der Waals surface area (Å²) in [5.74, 6) is 0.945. The molecule has 2 aliphatic rings. The molecule has 0 bridgehead atoms. The van der Waals surface area contributed by atoms with Gasteiger partial charge in [0.15, 0.2) is 11.5 Å². The van der Waals surface area contributed by atoms with Crippen LogP contribution in [0.1, 0.15) is 44.7 Å². The smallest absolute Gasteiger partial charge is 0.246 e. The molecule has 1 N–H and O–H groups in total. The summed E-state index contributed by atoms with van der Waals surface area (Å²) in [6, 6.07) is 4.23. The number of fused-ring (bicyclic) bond motifs is 1. The number of rotatable bonds is 1. The Morgan fingerprint density at radius 1 is 1.22 bits per heavy atom. The van der Waals surface area contributed by atoms with Crippen LogP contribution in [0.3, 0.4) is 0 Å². The SMILES string of the molecule is CC1(C)Oc2cc(Cl)c(C3CCCCN3)cc2O1. The van der Waals surface area contributed by atoms with Gasteiger partial charge in [0.05, 0.1) is 0 Å². The van der Waals surface area contributed by atoms with Gasteiger partial charge in [-0.15, -0.1) is 0 Å². The van der Waals surface area contributed by atoms with E-state index in [1.54, 1.807) is 0 Å². The number of halogens is 1. The minimum Gasteiger partial charge on any atom is -0.449 e. The molecule has 1 atom stereocenters. The van der Waals surface area contributed by atoms with Crippen molar-refractivity contribution in [2.75, 3.05) is 6.54 Å². The van der Waals surface area contributed by atoms with Crippen LogP contribution in [-0.2, 0) is 0 Å². The molecule has 0 saturated carbocycles. The van der Waals surface area contributed by atoms with Crippen molar-refractivity contribution in [3.8, 4) is 11.5 Å². The zero-order valence-electron chi connectivity index (χ0n) is 10.8. The Hall–Kier alpha value is -0.930. The van der Waals surface area contributed by atoms with E-state index in [0.717, 1.165) is 35.1 Å². The Balaban J connectivity index is 1.93. The summed E-state index contributed by atoms with van der Waals surface area (Å²) in [4.78, 5) is 0. The predicted molar refractivity (Wildman–Crippen MR) is 71.4 cm³/mol. The zero-order chi connectivity index (χ0) is 12.8. The van der Waals surface area contributed by atoms with E-state index >= 15 is 0 Å². The molecule has 1 saturated heterocycles. The molecular weight excluding hydrogens is 250 g/mol. The third-order valence-electron chi connectivity index (χ3n) is 3.46. The molecule has 0 amide bonds. The maximum absolute atomic E-state index is 6.36. The van der Waals surface area contributed by atoms with Crippen LogP contribution in [0.4, 0.5) is 0 Å². The zero-order valence-corrected chi connectivity index (χ0v) is 11.5. The number of benzene rings is 1. The first-order chi connectivity index (χ1) is 8.55. The van der Waals surface area contributed by atoms with Gasteiger partial charge < -0.3 is 14.8 Å². The number of piperidine rings is 1. The molecule has 0 spiro atoms. The van der Waals surface area contributed by atoms with Crippen LogP contribution in [0.25, 0.3) is 0 Å². The Morgan fingerprint density at radius 3 is 2.61 bits per heavy atom. The lowest BCUT2D eigenvalue weighted by Gasteiger charge is -2.24. The van der Waals surface area contributed by atoms with Crippen molar-refractivity contribution in [1.82, 2.24) is 5.32 Å². The summed E-state index contributed by atoms with van der Waals surface area (Å²) in [6.07, 6.45) is 3.61. The molecule has 0 aromatic heterocycles. The second-order valence-corrected chi connectivity index (χ2v) is 5.83. The number of hydrogen-bond acceptors (Lipinski definition) is 3. The maximum atomic E-state index is 6.36. The topological polar surface area (TPSA) is 30.5 Å². The Morgan fingerprint density at radius 2 is 1.94 bits per heavy atom. The first-order valence-corrected chi connectivity index (χ1v) is 6.88. The summed E-state index contributed by atoms with van der Waals surface area (Å²) in [6.45, 7) is 4.86. The highest BCUT2D eigenvalue weighted by atomic mass is 35.5. The van der Waals surface area contributed by atoms with Crippen molar-refractivity contribution in [3.05, 3.63) is 22.7 Å². The van der Waals surface area contributed by atoms with Gasteiger partial charge in [0, 0.05) is 31.0 Å². The second kappa shape index (κ2) is 4.32. The van der Waals surface area contributed by atoms with Gasteiger partial charge in [0.2, 0.25) is 5.79 Å². The van der Waals surface area contributed by atoms with Crippen LogP contribution in [-0.4, -0.2) is 12.3 Å². The third kappa shape index (κ3) is 2.17. The Bertz CT molecular complexity index is 467. The number of hydrogen-bond donors (Lipinski definition) is 1. The van der Waals surface area contributed by atoms with E-state index in [2.05, 4.69) is 5.32 Å². The van der Waals surface area contributed by atoms with Crippen molar-refractivity contribution in [1.29, 1.82) is 0 Å². The largest absolute Gasteiger partial charge is 0.449 e. The average Bonchev–Trinajstić information content (AvgIpc) is 2.62. The molecule has 1 unspecified atom stereocenters. The normalized spacial score (nSPS) is 25.2. The summed E-state index contributed by atoms with van der Waals surface area (Å²) in [7, 11) is 0.